The average molecular weight is 260 g/mol. The van der Waals surface area contributed by atoms with Crippen LogP contribution in [0, 0.1) is 17.1 Å². The molecule has 0 atom stereocenters. The van der Waals surface area contributed by atoms with Crippen molar-refractivity contribution >= 4 is 11.7 Å². The number of nitrogen functional groups attached to an aromatic ring is 1. The van der Waals surface area contributed by atoms with E-state index >= 15 is 0 Å². The second-order valence-electron chi connectivity index (χ2n) is 3.83. The van der Waals surface area contributed by atoms with Gasteiger partial charge in [-0.25, -0.2) is 9.18 Å². The van der Waals surface area contributed by atoms with Crippen LogP contribution in [-0.2, 0) is 6.54 Å². The van der Waals surface area contributed by atoms with E-state index in [0.29, 0.717) is 0 Å². The van der Waals surface area contributed by atoms with E-state index in [2.05, 4.69) is 5.10 Å². The molecule has 1 heterocycles. The zero-order valence-electron chi connectivity index (χ0n) is 9.67. The summed E-state index contributed by atoms with van der Waals surface area (Å²) >= 11 is 0. The van der Waals surface area contributed by atoms with Crippen LogP contribution in [-0.4, -0.2) is 20.9 Å². The van der Waals surface area contributed by atoms with E-state index in [1.165, 1.54) is 23.0 Å². The monoisotopic (exact) mass is 260 g/mol. The maximum atomic E-state index is 13.8. The van der Waals surface area contributed by atoms with Gasteiger partial charge in [0.05, 0.1) is 17.8 Å². The Morgan fingerprint density at radius 1 is 1.58 bits per heavy atom. The minimum absolute atomic E-state index is 0.00116. The van der Waals surface area contributed by atoms with Crippen LogP contribution in [0.15, 0.2) is 24.4 Å². The fourth-order valence-corrected chi connectivity index (χ4v) is 1.65. The van der Waals surface area contributed by atoms with Crippen LogP contribution < -0.4 is 5.73 Å². The third-order valence-corrected chi connectivity index (χ3v) is 2.52. The first-order valence-corrected chi connectivity index (χ1v) is 5.26. The number of nitrogens with zero attached hydrogens (tertiary/aromatic N) is 3. The first-order chi connectivity index (χ1) is 9.02. The topological polar surface area (TPSA) is 105 Å². The van der Waals surface area contributed by atoms with Crippen LogP contribution in [0.3, 0.4) is 0 Å². The Labute approximate surface area is 107 Å². The van der Waals surface area contributed by atoms with Gasteiger partial charge < -0.3 is 10.8 Å². The molecular weight excluding hydrogens is 251 g/mol. The molecule has 0 saturated carbocycles. The number of halogens is 1. The lowest BCUT2D eigenvalue weighted by molar-refractivity contribution is 0.0690. The largest absolute Gasteiger partial charge is 0.476 e. The Morgan fingerprint density at radius 3 is 2.89 bits per heavy atom. The van der Waals surface area contributed by atoms with Crippen molar-refractivity contribution in [2.45, 2.75) is 6.54 Å². The number of carbonyl (C=O) groups is 1. The van der Waals surface area contributed by atoms with Gasteiger partial charge in [-0.2, -0.15) is 10.4 Å². The summed E-state index contributed by atoms with van der Waals surface area (Å²) in [6.07, 6.45) is 1.31. The molecule has 7 heteroatoms. The van der Waals surface area contributed by atoms with Crippen LogP contribution in [0.1, 0.15) is 21.6 Å². The molecule has 0 saturated heterocycles. The highest BCUT2D eigenvalue weighted by Gasteiger charge is 2.14. The average Bonchev–Trinajstić information content (AvgIpc) is 2.73. The number of hydrogen-bond donors (Lipinski definition) is 2. The molecule has 96 valence electrons. The molecular formula is C12H9FN4O2. The van der Waals surface area contributed by atoms with E-state index in [9.17, 15) is 9.18 Å². The summed E-state index contributed by atoms with van der Waals surface area (Å²) in [6, 6.07) is 6.13. The van der Waals surface area contributed by atoms with E-state index in [4.69, 9.17) is 16.1 Å². The van der Waals surface area contributed by atoms with Gasteiger partial charge in [0.25, 0.3) is 0 Å². The summed E-state index contributed by atoms with van der Waals surface area (Å²) in [7, 11) is 0. The molecule has 0 amide bonds. The predicted octanol–water partition coefficient (Wildman–Crippen LogP) is 1.22. The van der Waals surface area contributed by atoms with Crippen LogP contribution >= 0.6 is 0 Å². The van der Waals surface area contributed by atoms with Gasteiger partial charge in [0, 0.05) is 11.8 Å². The van der Waals surface area contributed by atoms with Crippen molar-refractivity contribution in [3.8, 4) is 6.07 Å². The Balaban J connectivity index is 2.35. The molecule has 0 fully saturated rings. The third kappa shape index (κ3) is 2.37. The molecule has 0 radical (unpaired) electrons. The summed E-state index contributed by atoms with van der Waals surface area (Å²) in [4.78, 5) is 10.8. The number of carboxylic acid groups (broad SMARTS) is 1. The predicted molar refractivity (Wildman–Crippen MR) is 63.8 cm³/mol. The highest BCUT2D eigenvalue weighted by atomic mass is 19.1. The van der Waals surface area contributed by atoms with E-state index < -0.39 is 11.8 Å². The van der Waals surface area contributed by atoms with E-state index in [-0.39, 0.29) is 29.1 Å². The number of carboxylic acids is 1. The maximum absolute atomic E-state index is 13.8. The first kappa shape index (κ1) is 12.6. The minimum Gasteiger partial charge on any atom is -0.476 e. The number of nitrogens with two attached hydrogens (primary N) is 1. The molecule has 0 bridgehead atoms. The Morgan fingerprint density at radius 2 is 2.32 bits per heavy atom. The molecule has 1 aromatic carbocycles. The standard InChI is InChI=1S/C12H9FN4O2/c13-10-7(4-14)2-1-3-8(10)5-17-6-9(15)11(16-17)12(18)19/h1-3,6H,5,15H2,(H,18,19). The van der Waals surface area contributed by atoms with Crippen LogP contribution in [0.4, 0.5) is 10.1 Å². The summed E-state index contributed by atoms with van der Waals surface area (Å²) in [5, 5.41) is 21.3. The quantitative estimate of drug-likeness (QED) is 0.863. The number of anilines is 1. The van der Waals surface area contributed by atoms with E-state index in [0.717, 1.165) is 0 Å². The lowest BCUT2D eigenvalue weighted by atomic mass is 10.1. The summed E-state index contributed by atoms with van der Waals surface area (Å²) < 4.78 is 15.0. The second-order valence-corrected chi connectivity index (χ2v) is 3.83. The maximum Gasteiger partial charge on any atom is 0.358 e. The molecule has 0 aliphatic heterocycles. The van der Waals surface area contributed by atoms with Gasteiger partial charge in [0.2, 0.25) is 0 Å². The minimum atomic E-state index is -1.25. The van der Waals surface area contributed by atoms with Crippen LogP contribution in [0.25, 0.3) is 0 Å². The second kappa shape index (κ2) is 4.78. The lowest BCUT2D eigenvalue weighted by Crippen LogP contribution is -2.06. The molecule has 0 aliphatic rings. The van der Waals surface area contributed by atoms with E-state index in [1.54, 1.807) is 12.1 Å². The third-order valence-electron chi connectivity index (χ3n) is 2.52. The zero-order chi connectivity index (χ0) is 14.0. The van der Waals surface area contributed by atoms with Gasteiger partial charge in [-0.1, -0.05) is 12.1 Å². The number of benzene rings is 1. The molecule has 3 N–H and O–H groups in total. The number of nitriles is 1. The van der Waals surface area contributed by atoms with Crippen molar-refractivity contribution in [1.82, 2.24) is 9.78 Å². The van der Waals surface area contributed by atoms with Gasteiger partial charge in [-0.05, 0) is 6.07 Å². The van der Waals surface area contributed by atoms with Gasteiger partial charge >= 0.3 is 5.97 Å². The molecule has 6 nitrogen and oxygen atoms in total. The molecule has 19 heavy (non-hydrogen) atoms. The molecule has 0 unspecified atom stereocenters. The van der Waals surface area contributed by atoms with Crippen LogP contribution in [0.5, 0.6) is 0 Å². The van der Waals surface area contributed by atoms with Crippen molar-refractivity contribution in [3.63, 3.8) is 0 Å². The highest BCUT2D eigenvalue weighted by molar-refractivity contribution is 5.91. The van der Waals surface area contributed by atoms with E-state index in [1.807, 2.05) is 0 Å². The van der Waals surface area contributed by atoms with Crippen molar-refractivity contribution in [3.05, 3.63) is 47.0 Å². The summed E-state index contributed by atoms with van der Waals surface area (Å²) in [5.74, 6) is -1.89. The SMILES string of the molecule is N#Cc1cccc(Cn2cc(N)c(C(=O)O)n2)c1F. The first-order valence-electron chi connectivity index (χ1n) is 5.26. The van der Waals surface area contributed by atoms with Gasteiger partial charge in [0.15, 0.2) is 5.69 Å². The highest BCUT2D eigenvalue weighted by Crippen LogP contribution is 2.15. The number of rotatable bonds is 3. The molecule has 0 spiro atoms. The number of hydrogen-bond acceptors (Lipinski definition) is 4. The fourth-order valence-electron chi connectivity index (χ4n) is 1.65. The van der Waals surface area contributed by atoms with Crippen LogP contribution in [0.2, 0.25) is 0 Å². The van der Waals surface area contributed by atoms with Crippen molar-refractivity contribution in [2.24, 2.45) is 0 Å². The zero-order valence-corrected chi connectivity index (χ0v) is 9.67. The molecule has 2 rings (SSSR count). The molecule has 1 aromatic heterocycles. The van der Waals surface area contributed by atoms with Crippen molar-refractivity contribution < 1.29 is 14.3 Å². The Hall–Kier alpha value is -2.88. The normalized spacial score (nSPS) is 10.1. The Bertz CT molecular complexity index is 688. The van der Waals surface area contributed by atoms with Gasteiger partial charge in [-0.3, -0.25) is 4.68 Å². The lowest BCUT2D eigenvalue weighted by Gasteiger charge is -2.04. The summed E-state index contributed by atoms with van der Waals surface area (Å²) in [6.45, 7) is -0.00116. The number of aromatic carboxylic acids is 1. The van der Waals surface area contributed by atoms with Crippen molar-refractivity contribution in [1.29, 1.82) is 5.26 Å². The van der Waals surface area contributed by atoms with Gasteiger partial charge in [-0.15, -0.1) is 0 Å². The number of aromatic nitrogens is 2. The summed E-state index contributed by atoms with van der Waals surface area (Å²) in [5.41, 5.74) is 5.36. The smallest absolute Gasteiger partial charge is 0.358 e. The van der Waals surface area contributed by atoms with Crippen molar-refractivity contribution in [2.75, 3.05) is 5.73 Å². The fraction of sp³-hybridized carbons (Fsp3) is 0.0833. The van der Waals surface area contributed by atoms with Gasteiger partial charge in [0.1, 0.15) is 11.9 Å². The molecule has 0 aliphatic carbocycles. The molecule has 2 aromatic rings. The Kier molecular flexibility index (Phi) is 3.16.